The van der Waals surface area contributed by atoms with Crippen molar-refractivity contribution in [3.05, 3.63) is 62.9 Å². The highest BCUT2D eigenvalue weighted by Crippen LogP contribution is 2.29. The molecule has 0 aliphatic heterocycles. The van der Waals surface area contributed by atoms with Crippen LogP contribution in [-0.4, -0.2) is 13.3 Å². The van der Waals surface area contributed by atoms with E-state index in [1.54, 1.807) is 0 Å². The van der Waals surface area contributed by atoms with Crippen molar-refractivity contribution in [1.29, 1.82) is 0 Å². The monoisotopic (exact) mass is 374 g/mol. The van der Waals surface area contributed by atoms with E-state index >= 15 is 0 Å². The van der Waals surface area contributed by atoms with Crippen LogP contribution in [-0.2, 0) is 10.0 Å². The lowest BCUT2D eigenvalue weighted by Gasteiger charge is -2.09. The Bertz CT molecular complexity index is 811. The molecule has 0 aliphatic carbocycles. The fourth-order valence-corrected chi connectivity index (χ4v) is 3.24. The molecule has 0 amide bonds. The first-order chi connectivity index (χ1) is 9.81. The van der Waals surface area contributed by atoms with Gasteiger partial charge in [-0.2, -0.15) is 0 Å². The van der Waals surface area contributed by atoms with Crippen LogP contribution >= 0.6 is 15.9 Å². The number of sulfonamides is 1. The summed E-state index contributed by atoms with van der Waals surface area (Å²) in [5.41, 5.74) is -0.125. The molecule has 0 unspecified atom stereocenters. The Labute approximate surface area is 127 Å². The van der Waals surface area contributed by atoms with Gasteiger partial charge in [0.15, 0.2) is 0 Å². The molecular formula is C12H8BrFN2O4S. The van der Waals surface area contributed by atoms with Crippen molar-refractivity contribution in [1.82, 2.24) is 0 Å². The summed E-state index contributed by atoms with van der Waals surface area (Å²) in [6, 6.07) is 8.51. The van der Waals surface area contributed by atoms with Crippen LogP contribution in [0.5, 0.6) is 0 Å². The fraction of sp³-hybridized carbons (Fsp3) is 0. The third-order valence-corrected chi connectivity index (χ3v) is 4.57. The van der Waals surface area contributed by atoms with Crippen LogP contribution in [0.4, 0.5) is 15.8 Å². The molecule has 1 N–H and O–H groups in total. The normalized spacial score (nSPS) is 11.1. The first kappa shape index (κ1) is 15.4. The third kappa shape index (κ3) is 3.37. The van der Waals surface area contributed by atoms with Crippen LogP contribution in [0, 0.1) is 15.9 Å². The molecule has 0 aromatic heterocycles. The van der Waals surface area contributed by atoms with Gasteiger partial charge in [-0.05, 0) is 40.2 Å². The lowest BCUT2D eigenvalue weighted by molar-refractivity contribution is -0.385. The highest BCUT2D eigenvalue weighted by molar-refractivity contribution is 9.10. The number of nitrogens with zero attached hydrogens (tertiary/aromatic N) is 1. The molecular weight excluding hydrogens is 367 g/mol. The van der Waals surface area contributed by atoms with Gasteiger partial charge in [0.2, 0.25) is 0 Å². The van der Waals surface area contributed by atoms with Gasteiger partial charge in [0.1, 0.15) is 10.7 Å². The van der Waals surface area contributed by atoms with Gasteiger partial charge in [0.25, 0.3) is 15.7 Å². The zero-order valence-corrected chi connectivity index (χ0v) is 12.7. The van der Waals surface area contributed by atoms with E-state index in [1.807, 2.05) is 0 Å². The van der Waals surface area contributed by atoms with Crippen molar-refractivity contribution >= 4 is 37.3 Å². The van der Waals surface area contributed by atoms with Crippen molar-refractivity contribution in [2.75, 3.05) is 4.72 Å². The standard InChI is InChI=1S/C12H8BrFN2O4S/c13-9-7-8(5-6-11(9)16(17)18)15-21(19,20)12-4-2-1-3-10(12)14/h1-7,15H. The largest absolute Gasteiger partial charge is 0.283 e. The number of benzene rings is 2. The van der Waals surface area contributed by atoms with Crippen molar-refractivity contribution in [2.45, 2.75) is 4.90 Å². The first-order valence-corrected chi connectivity index (χ1v) is 7.80. The minimum Gasteiger partial charge on any atom is -0.279 e. The van der Waals surface area contributed by atoms with E-state index in [-0.39, 0.29) is 15.8 Å². The topological polar surface area (TPSA) is 89.3 Å². The Hall–Kier alpha value is -2.00. The van der Waals surface area contributed by atoms with Gasteiger partial charge in [0, 0.05) is 6.07 Å². The summed E-state index contributed by atoms with van der Waals surface area (Å²) in [6.07, 6.45) is 0. The lowest BCUT2D eigenvalue weighted by atomic mass is 10.3. The Morgan fingerprint density at radius 3 is 2.43 bits per heavy atom. The molecule has 0 heterocycles. The molecule has 0 radical (unpaired) electrons. The Morgan fingerprint density at radius 2 is 1.86 bits per heavy atom. The van der Waals surface area contributed by atoms with Gasteiger partial charge in [-0.15, -0.1) is 0 Å². The average Bonchev–Trinajstić information content (AvgIpc) is 2.38. The molecule has 6 nitrogen and oxygen atoms in total. The van der Waals surface area contributed by atoms with E-state index in [9.17, 15) is 22.9 Å². The maximum atomic E-state index is 13.5. The molecule has 2 aromatic carbocycles. The summed E-state index contributed by atoms with van der Waals surface area (Å²) in [5.74, 6) is -0.883. The zero-order valence-electron chi connectivity index (χ0n) is 10.3. The maximum absolute atomic E-state index is 13.5. The number of anilines is 1. The summed E-state index contributed by atoms with van der Waals surface area (Å²) < 4.78 is 39.9. The van der Waals surface area contributed by atoms with Gasteiger partial charge in [-0.25, -0.2) is 12.8 Å². The molecule has 0 aliphatic rings. The van der Waals surface area contributed by atoms with Gasteiger partial charge in [-0.1, -0.05) is 12.1 Å². The van der Waals surface area contributed by atoms with Crippen molar-refractivity contribution in [2.24, 2.45) is 0 Å². The second-order valence-corrected chi connectivity index (χ2v) is 6.46. The summed E-state index contributed by atoms with van der Waals surface area (Å²) in [5, 5.41) is 10.7. The van der Waals surface area contributed by atoms with Crippen molar-refractivity contribution in [3.8, 4) is 0 Å². The summed E-state index contributed by atoms with van der Waals surface area (Å²) in [4.78, 5) is 9.56. The van der Waals surface area contributed by atoms with E-state index < -0.39 is 25.7 Å². The minimum absolute atomic E-state index is 0.0794. The molecule has 110 valence electrons. The number of hydrogen-bond acceptors (Lipinski definition) is 4. The van der Waals surface area contributed by atoms with E-state index in [2.05, 4.69) is 20.7 Å². The van der Waals surface area contributed by atoms with Gasteiger partial charge >= 0.3 is 0 Å². The van der Waals surface area contributed by atoms with E-state index in [4.69, 9.17) is 0 Å². The second-order valence-electron chi connectivity index (χ2n) is 3.96. The molecule has 9 heteroatoms. The first-order valence-electron chi connectivity index (χ1n) is 5.52. The predicted octanol–water partition coefficient (Wildman–Crippen LogP) is 3.30. The molecule has 21 heavy (non-hydrogen) atoms. The minimum atomic E-state index is -4.11. The molecule has 0 fully saturated rings. The van der Waals surface area contributed by atoms with Crippen LogP contribution in [0.3, 0.4) is 0 Å². The molecule has 2 aromatic rings. The maximum Gasteiger partial charge on any atom is 0.283 e. The van der Waals surface area contributed by atoms with Crippen LogP contribution in [0.25, 0.3) is 0 Å². The average molecular weight is 375 g/mol. The van der Waals surface area contributed by atoms with Crippen molar-refractivity contribution in [3.63, 3.8) is 0 Å². The highest BCUT2D eigenvalue weighted by Gasteiger charge is 2.20. The number of nitrogens with one attached hydrogen (secondary N) is 1. The van der Waals surface area contributed by atoms with Crippen LogP contribution in [0.1, 0.15) is 0 Å². The summed E-state index contributed by atoms with van der Waals surface area (Å²) in [6.45, 7) is 0. The number of hydrogen-bond donors (Lipinski definition) is 1. The molecule has 2 rings (SSSR count). The second kappa shape index (κ2) is 5.78. The number of nitro benzene ring substituents is 1. The summed E-state index contributed by atoms with van der Waals surface area (Å²) in [7, 11) is -4.11. The van der Waals surface area contributed by atoms with Gasteiger partial charge in [0.05, 0.1) is 15.1 Å². The van der Waals surface area contributed by atoms with E-state index in [1.165, 1.54) is 24.3 Å². The predicted molar refractivity (Wildman–Crippen MR) is 78.0 cm³/mol. The molecule has 0 bridgehead atoms. The molecule has 0 spiro atoms. The fourth-order valence-electron chi connectivity index (χ4n) is 1.59. The van der Waals surface area contributed by atoms with Crippen molar-refractivity contribution < 1.29 is 17.7 Å². The number of nitro groups is 1. The Morgan fingerprint density at radius 1 is 1.19 bits per heavy atom. The third-order valence-electron chi connectivity index (χ3n) is 2.52. The Kier molecular flexibility index (Phi) is 4.24. The van der Waals surface area contributed by atoms with Crippen LogP contribution in [0.2, 0.25) is 0 Å². The van der Waals surface area contributed by atoms with Crippen LogP contribution in [0.15, 0.2) is 51.8 Å². The Balaban J connectivity index is 2.36. The zero-order chi connectivity index (χ0) is 15.6. The summed E-state index contributed by atoms with van der Waals surface area (Å²) >= 11 is 2.98. The van der Waals surface area contributed by atoms with E-state index in [0.717, 1.165) is 18.2 Å². The van der Waals surface area contributed by atoms with Crippen LogP contribution < -0.4 is 4.72 Å². The van der Waals surface area contributed by atoms with E-state index in [0.29, 0.717) is 0 Å². The SMILES string of the molecule is O=[N+]([O-])c1ccc(NS(=O)(=O)c2ccccc2F)cc1Br. The quantitative estimate of drug-likeness (QED) is 0.656. The molecule has 0 atom stereocenters. The lowest BCUT2D eigenvalue weighted by Crippen LogP contribution is -2.14. The van der Waals surface area contributed by atoms with Gasteiger partial charge < -0.3 is 0 Å². The number of rotatable bonds is 4. The molecule has 0 saturated carbocycles. The smallest absolute Gasteiger partial charge is 0.279 e. The van der Waals surface area contributed by atoms with Gasteiger partial charge in [-0.3, -0.25) is 14.8 Å². The molecule has 0 saturated heterocycles. The highest BCUT2D eigenvalue weighted by atomic mass is 79.9. The number of halogens is 2.